The van der Waals surface area contributed by atoms with Gasteiger partial charge in [-0.2, -0.15) is 0 Å². The predicted molar refractivity (Wildman–Crippen MR) is 119 cm³/mol. The summed E-state index contributed by atoms with van der Waals surface area (Å²) in [6, 6.07) is 12.4. The van der Waals surface area contributed by atoms with E-state index in [1.54, 1.807) is 17.0 Å². The normalized spacial score (nSPS) is 15.1. The highest BCUT2D eigenvalue weighted by Gasteiger charge is 2.37. The van der Waals surface area contributed by atoms with E-state index in [1.807, 2.05) is 49.6 Å². The van der Waals surface area contributed by atoms with E-state index in [-0.39, 0.29) is 23.6 Å². The Kier molecular flexibility index (Phi) is 6.04. The molecule has 156 valence electrons. The van der Waals surface area contributed by atoms with Crippen molar-refractivity contribution in [3.63, 3.8) is 0 Å². The molecule has 2 amide bonds. The molecule has 1 aliphatic rings. The van der Waals surface area contributed by atoms with Gasteiger partial charge in [-0.1, -0.05) is 31.0 Å². The average Bonchev–Trinajstić information content (AvgIpc) is 3.51. The number of carbonyl (C=O) groups excluding carboxylic acids is 2. The maximum atomic E-state index is 13.6. The lowest BCUT2D eigenvalue weighted by atomic mass is 10.0. The van der Waals surface area contributed by atoms with Crippen LogP contribution in [0.3, 0.4) is 0 Å². The summed E-state index contributed by atoms with van der Waals surface area (Å²) in [5.74, 6) is -0.259. The molecule has 0 aliphatic heterocycles. The number of benzene rings is 1. The monoisotopic (exact) mass is 422 g/mol. The molecule has 1 aliphatic carbocycles. The van der Waals surface area contributed by atoms with E-state index in [0.717, 1.165) is 47.4 Å². The minimum atomic E-state index is -0.760. The smallest absolute Gasteiger partial charge is 0.295 e. The second kappa shape index (κ2) is 8.88. The number of furan rings is 1. The summed E-state index contributed by atoms with van der Waals surface area (Å²) in [4.78, 5) is 29.6. The maximum absolute atomic E-state index is 13.6. The van der Waals surface area contributed by atoms with Gasteiger partial charge in [0.15, 0.2) is 11.8 Å². The summed E-state index contributed by atoms with van der Waals surface area (Å²) >= 11 is 1.48. The zero-order valence-electron chi connectivity index (χ0n) is 17.3. The van der Waals surface area contributed by atoms with Gasteiger partial charge in [0, 0.05) is 16.6 Å². The number of nitrogens with zero attached hydrogens (tertiary/aromatic N) is 1. The van der Waals surface area contributed by atoms with Crippen LogP contribution < -0.4 is 10.2 Å². The largest absolute Gasteiger partial charge is 0.459 e. The molecule has 0 bridgehead atoms. The van der Waals surface area contributed by atoms with Crippen molar-refractivity contribution in [2.75, 3.05) is 4.90 Å². The summed E-state index contributed by atoms with van der Waals surface area (Å²) in [6.45, 7) is 3.99. The van der Waals surface area contributed by atoms with Gasteiger partial charge in [0.1, 0.15) is 0 Å². The molecule has 1 fully saturated rings. The Balaban J connectivity index is 1.81. The van der Waals surface area contributed by atoms with Crippen LogP contribution in [-0.2, 0) is 4.79 Å². The number of nitrogens with one attached hydrogen (secondary N) is 1. The molecular weight excluding hydrogens is 396 g/mol. The first kappa shape index (κ1) is 20.4. The van der Waals surface area contributed by atoms with Gasteiger partial charge in [0.2, 0.25) is 5.91 Å². The van der Waals surface area contributed by atoms with Crippen LogP contribution >= 0.6 is 11.3 Å². The van der Waals surface area contributed by atoms with Crippen LogP contribution in [0.5, 0.6) is 0 Å². The van der Waals surface area contributed by atoms with E-state index in [0.29, 0.717) is 0 Å². The highest BCUT2D eigenvalue weighted by atomic mass is 32.1. The molecule has 1 saturated carbocycles. The van der Waals surface area contributed by atoms with Crippen LogP contribution in [0.15, 0.2) is 58.5 Å². The van der Waals surface area contributed by atoms with Crippen LogP contribution in [0.1, 0.15) is 58.3 Å². The lowest BCUT2D eigenvalue weighted by Crippen LogP contribution is -2.46. The van der Waals surface area contributed by atoms with E-state index >= 15 is 0 Å². The zero-order chi connectivity index (χ0) is 21.1. The molecule has 0 unspecified atom stereocenters. The summed E-state index contributed by atoms with van der Waals surface area (Å²) in [7, 11) is 0. The summed E-state index contributed by atoms with van der Waals surface area (Å²) in [6.07, 6.45) is 5.70. The molecular formula is C24H26N2O3S. The van der Waals surface area contributed by atoms with Crippen LogP contribution in [0.25, 0.3) is 0 Å². The molecule has 1 atom stereocenters. The number of thiophene rings is 1. The fourth-order valence-electron chi connectivity index (χ4n) is 4.05. The van der Waals surface area contributed by atoms with Gasteiger partial charge < -0.3 is 9.73 Å². The first-order valence-corrected chi connectivity index (χ1v) is 11.2. The molecule has 4 rings (SSSR count). The minimum Gasteiger partial charge on any atom is -0.459 e. The summed E-state index contributed by atoms with van der Waals surface area (Å²) in [5.41, 5.74) is 2.75. The van der Waals surface area contributed by atoms with Gasteiger partial charge in [0.05, 0.1) is 6.26 Å². The number of anilines is 1. The number of carbonyl (C=O) groups is 2. The number of aryl methyl sites for hydroxylation is 1. The van der Waals surface area contributed by atoms with Crippen molar-refractivity contribution in [2.45, 2.75) is 51.6 Å². The van der Waals surface area contributed by atoms with Crippen LogP contribution in [0.4, 0.5) is 5.69 Å². The van der Waals surface area contributed by atoms with Gasteiger partial charge in [-0.05, 0) is 67.5 Å². The first-order valence-electron chi connectivity index (χ1n) is 10.3. The average molecular weight is 423 g/mol. The summed E-state index contributed by atoms with van der Waals surface area (Å²) in [5, 5.41) is 5.13. The van der Waals surface area contributed by atoms with E-state index in [1.165, 1.54) is 17.6 Å². The van der Waals surface area contributed by atoms with Gasteiger partial charge in [0.25, 0.3) is 5.91 Å². The molecule has 3 aromatic rings. The Morgan fingerprint density at radius 3 is 2.57 bits per heavy atom. The molecule has 1 N–H and O–H groups in total. The Morgan fingerprint density at radius 1 is 1.10 bits per heavy atom. The Morgan fingerprint density at radius 2 is 1.90 bits per heavy atom. The second-order valence-corrected chi connectivity index (χ2v) is 8.76. The molecule has 1 aromatic carbocycles. The molecule has 6 heteroatoms. The van der Waals surface area contributed by atoms with Crippen molar-refractivity contribution in [1.82, 2.24) is 5.32 Å². The molecule has 0 spiro atoms. The van der Waals surface area contributed by atoms with Gasteiger partial charge in [-0.15, -0.1) is 11.3 Å². The van der Waals surface area contributed by atoms with E-state index in [9.17, 15) is 9.59 Å². The molecule has 2 heterocycles. The van der Waals surface area contributed by atoms with Crippen LogP contribution in [0.2, 0.25) is 0 Å². The summed E-state index contributed by atoms with van der Waals surface area (Å²) < 4.78 is 5.43. The third-order valence-electron chi connectivity index (χ3n) is 5.81. The molecule has 5 nitrogen and oxygen atoms in total. The van der Waals surface area contributed by atoms with E-state index in [2.05, 4.69) is 5.32 Å². The first-order chi connectivity index (χ1) is 14.6. The molecule has 0 saturated heterocycles. The highest BCUT2D eigenvalue weighted by Crippen LogP contribution is 2.35. The van der Waals surface area contributed by atoms with Crippen molar-refractivity contribution in [2.24, 2.45) is 0 Å². The lowest BCUT2D eigenvalue weighted by Gasteiger charge is -2.32. The van der Waals surface area contributed by atoms with Crippen LogP contribution in [-0.4, -0.2) is 17.9 Å². The Bertz CT molecular complexity index is 1010. The molecule has 0 radical (unpaired) electrons. The van der Waals surface area contributed by atoms with Crippen molar-refractivity contribution in [3.05, 3.63) is 75.9 Å². The third kappa shape index (κ3) is 4.05. The standard InChI is InChI=1S/C24H26N2O3S/c1-16-8-5-11-19(17(16)2)26(24(28)20-12-6-14-29-20)22(21-13-7-15-30-21)23(27)25-18-9-3-4-10-18/h5-8,11-15,18,22H,3-4,9-10H2,1-2H3,(H,25,27)/t22-/m1/s1. The van der Waals surface area contributed by atoms with Crippen molar-refractivity contribution in [3.8, 4) is 0 Å². The van der Waals surface area contributed by atoms with E-state index < -0.39 is 6.04 Å². The van der Waals surface area contributed by atoms with Crippen molar-refractivity contribution < 1.29 is 14.0 Å². The Hall–Kier alpha value is -2.86. The molecule has 30 heavy (non-hydrogen) atoms. The maximum Gasteiger partial charge on any atom is 0.295 e. The molecule has 2 aromatic heterocycles. The number of hydrogen-bond donors (Lipinski definition) is 1. The van der Waals surface area contributed by atoms with Crippen molar-refractivity contribution in [1.29, 1.82) is 0 Å². The predicted octanol–water partition coefficient (Wildman–Crippen LogP) is 5.40. The quantitative estimate of drug-likeness (QED) is 0.578. The van der Waals surface area contributed by atoms with Gasteiger partial charge >= 0.3 is 0 Å². The van der Waals surface area contributed by atoms with E-state index in [4.69, 9.17) is 4.42 Å². The highest BCUT2D eigenvalue weighted by molar-refractivity contribution is 7.10. The number of hydrogen-bond acceptors (Lipinski definition) is 4. The fraction of sp³-hybridized carbons (Fsp3) is 0.333. The van der Waals surface area contributed by atoms with Gasteiger partial charge in [-0.25, -0.2) is 0 Å². The fourth-order valence-corrected chi connectivity index (χ4v) is 4.86. The Labute approximate surface area is 180 Å². The zero-order valence-corrected chi connectivity index (χ0v) is 18.1. The topological polar surface area (TPSA) is 62.6 Å². The lowest BCUT2D eigenvalue weighted by molar-refractivity contribution is -0.123. The SMILES string of the molecule is Cc1cccc(N(C(=O)c2ccco2)[C@@H](C(=O)NC2CCCC2)c2cccs2)c1C. The minimum absolute atomic E-state index is 0.148. The second-order valence-electron chi connectivity index (χ2n) is 7.78. The third-order valence-corrected chi connectivity index (χ3v) is 6.73. The number of amides is 2. The van der Waals surface area contributed by atoms with Crippen LogP contribution in [0, 0.1) is 13.8 Å². The number of rotatable bonds is 6. The van der Waals surface area contributed by atoms with Crippen molar-refractivity contribution >= 4 is 28.8 Å². The van der Waals surface area contributed by atoms with Gasteiger partial charge in [-0.3, -0.25) is 14.5 Å².